The molecule has 17 aromatic rings. The average Bonchev–Trinajstić information content (AvgIpc) is 1.57. The number of carbonyl (C=O) groups is 4. The summed E-state index contributed by atoms with van der Waals surface area (Å²) in [4.78, 5) is 101. The highest BCUT2D eigenvalue weighted by Crippen LogP contribution is 2.36. The Labute approximate surface area is 795 Å². The molecular weight excluding hydrogens is 1780 g/mol. The first-order valence-corrected chi connectivity index (χ1v) is 45.6. The second-order valence-electron chi connectivity index (χ2n) is 32.3. The molecule has 0 atom stereocenters. The van der Waals surface area contributed by atoms with Gasteiger partial charge in [0, 0.05) is 118 Å². The molecule has 0 saturated carbocycles. The second-order valence-corrected chi connectivity index (χ2v) is 32.7. The maximum Gasteiger partial charge on any atom is 0.338 e. The van der Waals surface area contributed by atoms with Crippen molar-refractivity contribution in [1.82, 2.24) is 90.9 Å². The molecule has 0 spiro atoms. The van der Waals surface area contributed by atoms with Crippen molar-refractivity contribution in [3.63, 3.8) is 0 Å². The Hall–Kier alpha value is -16.5. The summed E-state index contributed by atoms with van der Waals surface area (Å²) in [5.41, 5.74) is 14.4. The lowest BCUT2D eigenvalue weighted by molar-refractivity contribution is 0.0517. The number of piperazine rings is 2. The first kappa shape index (κ1) is 93.3. The maximum atomic E-state index is 12.0. The van der Waals surface area contributed by atoms with Gasteiger partial charge in [0.1, 0.15) is 5.69 Å². The van der Waals surface area contributed by atoms with Gasteiger partial charge in [-0.2, -0.15) is 0 Å². The number of fused-ring (bicyclic) bond motifs is 5. The van der Waals surface area contributed by atoms with Crippen molar-refractivity contribution in [2.75, 3.05) is 128 Å². The summed E-state index contributed by atoms with van der Waals surface area (Å²) in [5.74, 6) is 3.45. The SMILES string of the molecule is CCOC(=O)c1ccc(Nc2nc3nonc3nc2CN=Cc2cccc3ccccc23)cc1.CCOC(=O)c1ccc(Nc2nc3nonc3nc2N2CCC(Cc3ccccc3)CC2)cc1.CCOC(=O)c1ccc(Nc2nc3nonc3nc2N2CCN(Cc3cccc(Cl)c3)CC2)cc1.CCOC(=O)c1ccc(Nc2nc3nonc3nc2N2CCN(Cc3ccccc3C)CC2)cc1. The van der Waals surface area contributed by atoms with Gasteiger partial charge in [0.05, 0.1) is 55.2 Å². The summed E-state index contributed by atoms with van der Waals surface area (Å²) < 4.78 is 39.5. The van der Waals surface area contributed by atoms with E-state index in [4.69, 9.17) is 54.0 Å². The van der Waals surface area contributed by atoms with Crippen molar-refractivity contribution < 1.29 is 56.6 Å². The van der Waals surface area contributed by atoms with Gasteiger partial charge in [-0.05, 0) is 243 Å². The molecule has 38 nitrogen and oxygen atoms in total. The molecule has 0 unspecified atom stereocenters. The van der Waals surface area contributed by atoms with Crippen LogP contribution in [0.15, 0.2) is 242 Å². The fourth-order valence-electron chi connectivity index (χ4n) is 15.9. The molecule has 3 saturated heterocycles. The molecular formula is C99H97ClN26O12. The van der Waals surface area contributed by atoms with E-state index < -0.39 is 0 Å². The van der Waals surface area contributed by atoms with Gasteiger partial charge in [0.2, 0.25) is 45.2 Å². The predicted octanol–water partition coefficient (Wildman–Crippen LogP) is 16.6. The number of rotatable bonds is 28. The van der Waals surface area contributed by atoms with E-state index in [1.54, 1.807) is 100 Å². The van der Waals surface area contributed by atoms with Gasteiger partial charge < -0.3 is 54.9 Å². The molecule has 702 valence electrons. The lowest BCUT2D eigenvalue weighted by Gasteiger charge is -2.36. The van der Waals surface area contributed by atoms with Crippen molar-refractivity contribution in [2.45, 2.75) is 73.5 Å². The highest BCUT2D eigenvalue weighted by molar-refractivity contribution is 6.30. The molecule has 0 aliphatic carbocycles. The molecule has 0 amide bonds. The number of hydrogen-bond donors (Lipinski definition) is 4. The van der Waals surface area contributed by atoms with Gasteiger partial charge in [0.15, 0.2) is 40.7 Å². The molecule has 20 rings (SSSR count). The Balaban J connectivity index is 0.000000127. The summed E-state index contributed by atoms with van der Waals surface area (Å²) in [7, 11) is 0. The minimum absolute atomic E-state index is 0.266. The summed E-state index contributed by atoms with van der Waals surface area (Å²) >= 11 is 6.14. The molecule has 8 aromatic heterocycles. The molecule has 4 N–H and O–H groups in total. The van der Waals surface area contributed by atoms with Crippen LogP contribution in [0.2, 0.25) is 5.02 Å². The molecule has 3 aliphatic rings. The van der Waals surface area contributed by atoms with E-state index >= 15 is 0 Å². The molecule has 138 heavy (non-hydrogen) atoms. The molecule has 0 bridgehead atoms. The number of aromatic nitrogens is 16. The van der Waals surface area contributed by atoms with Crippen molar-refractivity contribution in [2.24, 2.45) is 10.9 Å². The molecule has 0 radical (unpaired) electrons. The van der Waals surface area contributed by atoms with Crippen LogP contribution in [-0.4, -0.2) is 213 Å². The largest absolute Gasteiger partial charge is 0.462 e. The smallest absolute Gasteiger partial charge is 0.338 e. The fourth-order valence-corrected chi connectivity index (χ4v) is 16.1. The number of ether oxygens (including phenoxy) is 4. The Kier molecular flexibility index (Phi) is 30.5. The van der Waals surface area contributed by atoms with Crippen LogP contribution in [0.3, 0.4) is 0 Å². The number of hydrogen-bond acceptors (Lipinski definition) is 38. The number of aliphatic imine (C=N–C) groups is 1. The molecule has 3 fully saturated rings. The van der Waals surface area contributed by atoms with Gasteiger partial charge in [-0.25, -0.2) is 77.6 Å². The number of esters is 4. The third kappa shape index (κ3) is 23.8. The Morgan fingerprint density at radius 3 is 1.18 bits per heavy atom. The second kappa shape index (κ2) is 45.0. The molecule has 3 aliphatic heterocycles. The monoisotopic (exact) mass is 1880 g/mol. The van der Waals surface area contributed by atoms with Crippen LogP contribution in [0.25, 0.3) is 55.9 Å². The molecule has 11 heterocycles. The number of nitrogens with one attached hydrogen (secondary N) is 4. The van der Waals surface area contributed by atoms with E-state index in [9.17, 15) is 19.2 Å². The van der Waals surface area contributed by atoms with Crippen LogP contribution in [-0.2, 0) is 45.0 Å². The van der Waals surface area contributed by atoms with Crippen LogP contribution in [0.1, 0.15) is 115 Å². The quantitative estimate of drug-likeness (QED) is 0.0201. The number of benzene rings is 9. The first-order chi connectivity index (χ1) is 67.6. The van der Waals surface area contributed by atoms with E-state index in [0.29, 0.717) is 135 Å². The minimum Gasteiger partial charge on any atom is -0.462 e. The summed E-state index contributed by atoms with van der Waals surface area (Å²) in [6.07, 6.45) is 5.05. The number of nitrogens with zero attached hydrogens (tertiary/aromatic N) is 22. The average molecular weight is 1880 g/mol. The lowest BCUT2D eigenvalue weighted by atomic mass is 9.90. The van der Waals surface area contributed by atoms with E-state index in [1.807, 2.05) is 72.9 Å². The standard InChI is InChI=1S/C25H27N7O3.C25H20N6O3.C25H26N6O3.C24H24ClN7O3/c1-3-34-25(33)18-8-10-20(11-9-18)26-23-24(28-22-21(27-23)29-35-30-22)32-14-12-31(13-15-32)16-19-7-5-4-6-17(19)2;1-2-33-25(32)17-10-12-19(13-11-17)27-22-21(28-23-24(29-22)31-34-30-23)15-26-14-18-8-5-7-16-6-3-4-9-20(16)18;1-2-33-25(32)19-8-10-20(11-9-19)26-23-24(28-22-21(27-23)29-34-30-22)31-14-12-18(13-15-31)16-17-6-4-3-5-7-17;1-2-34-24(33)17-6-8-19(9-7-17)26-22-23(28-21-20(27-22)29-35-30-21)32-12-10-31(11-13-32)15-16-4-3-5-18(25)14-16/h4-11H,3,12-16H2,1-2H3,(H,26,27,29);3-14H,2,15H2,1H3,(H,27,29,31);3-11,18H,2,12-16H2,1H3,(H,26,27,29);3-9,14H,2,10-13,15H2,1H3,(H,26,27,29). The normalized spacial score (nSPS) is 13.6. The van der Waals surface area contributed by atoms with Crippen LogP contribution in [0, 0.1) is 12.8 Å². The topological polar surface area (TPSA) is 441 Å². The summed E-state index contributed by atoms with van der Waals surface area (Å²) in [5, 5.41) is 46.9. The summed E-state index contributed by atoms with van der Waals surface area (Å²) in [6.45, 7) is 21.0. The van der Waals surface area contributed by atoms with E-state index in [0.717, 1.165) is 148 Å². The highest BCUT2D eigenvalue weighted by atomic mass is 35.5. The lowest BCUT2D eigenvalue weighted by Crippen LogP contribution is -2.46. The van der Waals surface area contributed by atoms with Crippen LogP contribution < -0.4 is 36.0 Å². The van der Waals surface area contributed by atoms with E-state index in [-0.39, 0.29) is 36.1 Å². The minimum atomic E-state index is -0.368. The van der Waals surface area contributed by atoms with E-state index in [1.165, 1.54) is 22.3 Å². The first-order valence-electron chi connectivity index (χ1n) is 45.3. The summed E-state index contributed by atoms with van der Waals surface area (Å²) in [6, 6.07) is 69.4. The van der Waals surface area contributed by atoms with Crippen molar-refractivity contribution >= 4 is 161 Å². The zero-order valence-electron chi connectivity index (χ0n) is 76.2. The number of halogens is 1. The van der Waals surface area contributed by atoms with Gasteiger partial charge in [0.25, 0.3) is 0 Å². The number of carbonyl (C=O) groups excluding carboxylic acids is 4. The van der Waals surface area contributed by atoms with Crippen LogP contribution in [0.5, 0.6) is 0 Å². The van der Waals surface area contributed by atoms with Crippen molar-refractivity contribution in [1.29, 1.82) is 0 Å². The highest BCUT2D eigenvalue weighted by Gasteiger charge is 2.30. The Morgan fingerprint density at radius 1 is 0.384 bits per heavy atom. The molecule has 9 aromatic carbocycles. The van der Waals surface area contributed by atoms with E-state index in [2.05, 4.69) is 213 Å². The predicted molar refractivity (Wildman–Crippen MR) is 520 cm³/mol. The van der Waals surface area contributed by atoms with Crippen LogP contribution >= 0.6 is 11.6 Å². The maximum absolute atomic E-state index is 12.0. The van der Waals surface area contributed by atoms with Gasteiger partial charge in [-0.1, -0.05) is 121 Å². The number of aryl methyl sites for hydroxylation is 1. The zero-order valence-corrected chi connectivity index (χ0v) is 77.0. The van der Waals surface area contributed by atoms with Crippen LogP contribution in [0.4, 0.5) is 63.5 Å². The van der Waals surface area contributed by atoms with Crippen molar-refractivity contribution in [3.05, 3.63) is 279 Å². The number of piperidine rings is 1. The number of anilines is 11. The van der Waals surface area contributed by atoms with Gasteiger partial charge >= 0.3 is 23.9 Å². The third-order valence-electron chi connectivity index (χ3n) is 23.0. The van der Waals surface area contributed by atoms with Gasteiger partial charge in [-0.15, -0.1) is 0 Å². The third-order valence-corrected chi connectivity index (χ3v) is 23.2. The fraction of sp³-hybridized carbons (Fsp3) is 0.263. The van der Waals surface area contributed by atoms with Crippen molar-refractivity contribution in [3.8, 4) is 0 Å². The molecule has 39 heteroatoms. The Morgan fingerprint density at radius 2 is 0.746 bits per heavy atom. The zero-order chi connectivity index (χ0) is 95.1. The van der Waals surface area contributed by atoms with Gasteiger partial charge in [-0.3, -0.25) is 14.8 Å². The Bertz CT molecular complexity index is 7050.